The highest BCUT2D eigenvalue weighted by Crippen LogP contribution is 2.42. The molecule has 2 aromatic carbocycles. The first-order valence-electron chi connectivity index (χ1n) is 11.8. The van der Waals surface area contributed by atoms with E-state index in [1.54, 1.807) is 21.0 Å². The third-order valence-electron chi connectivity index (χ3n) is 6.83. The SMILES string of the molecule is COc1cc2nc(C)nc(NC(C)c3cc(N)cc(C(F)(F)F)c3)c2cc1C1CCC(C(=O)O)CC1. The summed E-state index contributed by atoms with van der Waals surface area (Å²) in [6, 6.07) is 6.77. The second kappa shape index (κ2) is 9.83. The number of halogens is 3. The van der Waals surface area contributed by atoms with E-state index in [9.17, 15) is 23.1 Å². The highest BCUT2D eigenvalue weighted by atomic mass is 19.4. The fourth-order valence-corrected chi connectivity index (χ4v) is 4.93. The van der Waals surface area contributed by atoms with Crippen LogP contribution in [0.5, 0.6) is 5.75 Å². The van der Waals surface area contributed by atoms with Gasteiger partial charge < -0.3 is 20.9 Å². The zero-order chi connectivity index (χ0) is 26.2. The Bertz CT molecular complexity index is 1290. The van der Waals surface area contributed by atoms with Gasteiger partial charge in [0, 0.05) is 17.1 Å². The number of aromatic nitrogens is 2. The number of methoxy groups -OCH3 is 1. The maximum Gasteiger partial charge on any atom is 0.416 e. The summed E-state index contributed by atoms with van der Waals surface area (Å²) in [6.45, 7) is 3.49. The third kappa shape index (κ3) is 5.32. The van der Waals surface area contributed by atoms with Crippen LogP contribution in [0.1, 0.15) is 67.1 Å². The van der Waals surface area contributed by atoms with Crippen LogP contribution in [0.3, 0.4) is 0 Å². The number of carbonyl (C=O) groups is 1. The molecular formula is C26H29F3N4O3. The van der Waals surface area contributed by atoms with E-state index < -0.39 is 23.8 Å². The Labute approximate surface area is 206 Å². The van der Waals surface area contributed by atoms with Crippen molar-refractivity contribution in [3.05, 3.63) is 52.8 Å². The van der Waals surface area contributed by atoms with E-state index >= 15 is 0 Å². The van der Waals surface area contributed by atoms with Crippen molar-refractivity contribution in [1.29, 1.82) is 0 Å². The van der Waals surface area contributed by atoms with Gasteiger partial charge in [0.2, 0.25) is 0 Å². The van der Waals surface area contributed by atoms with Crippen LogP contribution in [0, 0.1) is 12.8 Å². The number of nitrogens with two attached hydrogens (primary N) is 1. The first-order valence-corrected chi connectivity index (χ1v) is 11.8. The van der Waals surface area contributed by atoms with Crippen LogP contribution in [0.4, 0.5) is 24.7 Å². The molecule has 1 unspecified atom stereocenters. The molecule has 0 bridgehead atoms. The van der Waals surface area contributed by atoms with E-state index in [0.29, 0.717) is 59.5 Å². The summed E-state index contributed by atoms with van der Waals surface area (Å²) in [5.41, 5.74) is 6.95. The molecule has 1 aliphatic rings. The van der Waals surface area contributed by atoms with Crippen molar-refractivity contribution in [2.75, 3.05) is 18.2 Å². The third-order valence-corrected chi connectivity index (χ3v) is 6.83. The maximum absolute atomic E-state index is 13.3. The minimum absolute atomic E-state index is 0.0289. The zero-order valence-corrected chi connectivity index (χ0v) is 20.3. The summed E-state index contributed by atoms with van der Waals surface area (Å²) in [5, 5.41) is 13.3. The average Bonchev–Trinajstić information content (AvgIpc) is 2.82. The number of benzene rings is 2. The Kier molecular flexibility index (Phi) is 6.97. The van der Waals surface area contributed by atoms with Crippen LogP contribution >= 0.6 is 0 Å². The second-order valence-electron chi connectivity index (χ2n) is 9.37. The largest absolute Gasteiger partial charge is 0.496 e. The number of nitrogens with zero attached hydrogens (tertiary/aromatic N) is 2. The Morgan fingerprint density at radius 3 is 2.44 bits per heavy atom. The number of hydrogen-bond donors (Lipinski definition) is 3. The number of ether oxygens (including phenoxy) is 1. The molecule has 0 saturated heterocycles. The lowest BCUT2D eigenvalue weighted by atomic mass is 9.78. The van der Waals surface area contributed by atoms with Crippen LogP contribution in [-0.2, 0) is 11.0 Å². The van der Waals surface area contributed by atoms with Crippen molar-refractivity contribution < 1.29 is 27.8 Å². The number of fused-ring (bicyclic) bond motifs is 1. The maximum atomic E-state index is 13.3. The smallest absolute Gasteiger partial charge is 0.416 e. The first-order chi connectivity index (χ1) is 17.0. The minimum atomic E-state index is -4.51. The highest BCUT2D eigenvalue weighted by Gasteiger charge is 2.32. The van der Waals surface area contributed by atoms with Gasteiger partial charge in [-0.05, 0) is 80.8 Å². The van der Waals surface area contributed by atoms with E-state index in [4.69, 9.17) is 10.5 Å². The molecule has 10 heteroatoms. The van der Waals surface area contributed by atoms with E-state index in [-0.39, 0.29) is 17.5 Å². The fourth-order valence-electron chi connectivity index (χ4n) is 4.93. The minimum Gasteiger partial charge on any atom is -0.496 e. The number of nitrogen functional groups attached to an aromatic ring is 1. The van der Waals surface area contributed by atoms with Gasteiger partial charge in [-0.15, -0.1) is 0 Å². The molecule has 1 aliphatic carbocycles. The van der Waals surface area contributed by atoms with Gasteiger partial charge in [0.25, 0.3) is 0 Å². The van der Waals surface area contributed by atoms with Crippen molar-refractivity contribution in [3.63, 3.8) is 0 Å². The molecule has 3 aromatic rings. The van der Waals surface area contributed by atoms with Gasteiger partial charge in [0.05, 0.1) is 30.1 Å². The van der Waals surface area contributed by atoms with Crippen LogP contribution < -0.4 is 15.8 Å². The molecule has 1 aromatic heterocycles. The van der Waals surface area contributed by atoms with Gasteiger partial charge in [0.1, 0.15) is 17.4 Å². The van der Waals surface area contributed by atoms with Crippen LogP contribution in [0.2, 0.25) is 0 Å². The van der Waals surface area contributed by atoms with Gasteiger partial charge in [-0.3, -0.25) is 4.79 Å². The van der Waals surface area contributed by atoms with Crippen LogP contribution in [0.15, 0.2) is 30.3 Å². The fraction of sp³-hybridized carbons (Fsp3) is 0.423. The molecule has 4 rings (SSSR count). The lowest BCUT2D eigenvalue weighted by molar-refractivity contribution is -0.143. The Balaban J connectivity index is 1.71. The van der Waals surface area contributed by atoms with E-state index in [1.807, 2.05) is 12.1 Å². The standard InChI is InChI=1S/C26H29F3N4O3/c1-13(17-8-18(26(27,28)29)10-19(30)9-17)31-24-21-11-20(15-4-6-16(7-5-15)25(34)35)23(36-3)12-22(21)32-14(2)33-24/h8-13,15-16H,4-7,30H2,1-3H3,(H,34,35)(H,31,32,33). The predicted molar refractivity (Wildman–Crippen MR) is 131 cm³/mol. The molecule has 0 amide bonds. The van der Waals surface area contributed by atoms with Crippen molar-refractivity contribution in [2.24, 2.45) is 5.92 Å². The lowest BCUT2D eigenvalue weighted by Gasteiger charge is -2.28. The summed E-state index contributed by atoms with van der Waals surface area (Å²) in [7, 11) is 1.58. The molecule has 192 valence electrons. The molecular weight excluding hydrogens is 473 g/mol. The van der Waals surface area contributed by atoms with Gasteiger partial charge in [-0.25, -0.2) is 9.97 Å². The van der Waals surface area contributed by atoms with Gasteiger partial charge in [-0.2, -0.15) is 13.2 Å². The molecule has 0 aliphatic heterocycles. The topological polar surface area (TPSA) is 110 Å². The molecule has 36 heavy (non-hydrogen) atoms. The van der Waals surface area contributed by atoms with Crippen LogP contribution in [0.25, 0.3) is 10.9 Å². The molecule has 0 spiro atoms. The van der Waals surface area contributed by atoms with E-state index in [0.717, 1.165) is 17.7 Å². The summed E-state index contributed by atoms with van der Waals surface area (Å²) in [4.78, 5) is 20.4. The van der Waals surface area contributed by atoms with Gasteiger partial charge in [-0.1, -0.05) is 0 Å². The number of hydrogen-bond acceptors (Lipinski definition) is 6. The molecule has 0 radical (unpaired) electrons. The number of anilines is 2. The number of alkyl halides is 3. The number of rotatable bonds is 6. The lowest BCUT2D eigenvalue weighted by Crippen LogP contribution is -2.20. The number of nitrogens with one attached hydrogen (secondary N) is 1. The van der Waals surface area contributed by atoms with Crippen molar-refractivity contribution in [3.8, 4) is 5.75 Å². The van der Waals surface area contributed by atoms with Gasteiger partial charge in [0.15, 0.2) is 0 Å². The Hall–Kier alpha value is -3.56. The van der Waals surface area contributed by atoms with Gasteiger partial charge >= 0.3 is 12.1 Å². The monoisotopic (exact) mass is 502 g/mol. The first kappa shape index (κ1) is 25.5. The molecule has 7 nitrogen and oxygen atoms in total. The van der Waals surface area contributed by atoms with Crippen molar-refractivity contribution >= 4 is 28.4 Å². The molecule has 1 saturated carbocycles. The normalized spacial score (nSPS) is 19.2. The summed E-state index contributed by atoms with van der Waals surface area (Å²) in [5.74, 6) is 0.676. The summed E-state index contributed by atoms with van der Waals surface area (Å²) in [6.07, 6.45) is -1.90. The highest BCUT2D eigenvalue weighted by molar-refractivity contribution is 5.91. The number of aliphatic carboxylic acids is 1. The molecule has 4 N–H and O–H groups in total. The summed E-state index contributed by atoms with van der Waals surface area (Å²) < 4.78 is 45.6. The number of carboxylic acids is 1. The quantitative estimate of drug-likeness (QED) is 0.350. The molecule has 1 heterocycles. The van der Waals surface area contributed by atoms with Crippen molar-refractivity contribution in [2.45, 2.75) is 57.7 Å². The molecule has 1 fully saturated rings. The zero-order valence-electron chi connectivity index (χ0n) is 20.3. The Morgan fingerprint density at radius 2 is 1.83 bits per heavy atom. The molecule has 1 atom stereocenters. The Morgan fingerprint density at radius 1 is 1.14 bits per heavy atom. The van der Waals surface area contributed by atoms with E-state index in [2.05, 4.69) is 15.3 Å². The predicted octanol–water partition coefficient (Wildman–Crippen LogP) is 6.08. The van der Waals surface area contributed by atoms with Crippen molar-refractivity contribution in [1.82, 2.24) is 9.97 Å². The summed E-state index contributed by atoms with van der Waals surface area (Å²) >= 11 is 0. The average molecular weight is 503 g/mol. The second-order valence-corrected chi connectivity index (χ2v) is 9.37. The van der Waals surface area contributed by atoms with Crippen LogP contribution in [-0.4, -0.2) is 28.2 Å². The number of carboxylic acid groups (broad SMARTS) is 1. The number of aryl methyl sites for hydroxylation is 1. The van der Waals surface area contributed by atoms with E-state index in [1.165, 1.54) is 6.07 Å².